The lowest BCUT2D eigenvalue weighted by molar-refractivity contribution is -0.125. The number of methoxy groups -OCH3 is 1. The molecule has 2 radical (unpaired) electrons. The van der Waals surface area contributed by atoms with Crippen molar-refractivity contribution in [1.82, 2.24) is 4.90 Å². The van der Waals surface area contributed by atoms with Crippen LogP contribution in [-0.2, 0) is 19.8 Å². The first-order chi connectivity index (χ1) is 20.6. The molecule has 0 spiro atoms. The lowest BCUT2D eigenvalue weighted by atomic mass is 9.68. The number of hydrogen-bond donors (Lipinski definition) is 6. The molecule has 0 fully saturated rings. The van der Waals surface area contributed by atoms with Crippen LogP contribution in [0.4, 0.5) is 5.69 Å². The number of ketones is 1. The maximum atomic E-state index is 13.8. The van der Waals surface area contributed by atoms with E-state index in [4.69, 9.17) is 24.2 Å². The summed E-state index contributed by atoms with van der Waals surface area (Å²) in [6.07, 6.45) is 2.74. The Bertz CT molecular complexity index is 1650. The molecule has 228 valence electrons. The molecular formula is C31H30BClN2O9. The number of amides is 1. The van der Waals surface area contributed by atoms with Crippen LogP contribution in [0.15, 0.2) is 66.6 Å². The number of rotatable bonds is 11. The molecule has 0 bridgehead atoms. The van der Waals surface area contributed by atoms with Crippen molar-refractivity contribution < 1.29 is 44.7 Å². The number of halogens is 1. The fourth-order valence-corrected chi connectivity index (χ4v) is 4.79. The van der Waals surface area contributed by atoms with Gasteiger partial charge in [0.2, 0.25) is 11.7 Å². The van der Waals surface area contributed by atoms with Crippen molar-refractivity contribution in [3.63, 3.8) is 0 Å². The van der Waals surface area contributed by atoms with E-state index in [1.54, 1.807) is 24.3 Å². The number of phenols is 4. The monoisotopic (exact) mass is 620 g/mol. The minimum Gasteiger partial charge on any atom is -0.507 e. The Morgan fingerprint density at radius 3 is 2.23 bits per heavy atom. The third kappa shape index (κ3) is 6.99. The van der Waals surface area contributed by atoms with Crippen LogP contribution in [0.3, 0.4) is 0 Å². The second-order valence-corrected chi connectivity index (χ2v) is 10.3. The average Bonchev–Trinajstić information content (AvgIpc) is 2.94. The molecule has 3 rings (SSSR count). The van der Waals surface area contributed by atoms with Gasteiger partial charge in [-0.25, -0.2) is 0 Å². The predicted molar refractivity (Wildman–Crippen MR) is 165 cm³/mol. The van der Waals surface area contributed by atoms with Gasteiger partial charge in [0.15, 0.2) is 17.3 Å². The average molecular weight is 621 g/mol. The molecule has 6 N–H and O–H groups in total. The van der Waals surface area contributed by atoms with Gasteiger partial charge in [-0.15, -0.1) is 0 Å². The number of aromatic hydroxyl groups is 4. The molecule has 11 nitrogen and oxygen atoms in total. The largest absolute Gasteiger partial charge is 0.507 e. The van der Waals surface area contributed by atoms with Crippen molar-refractivity contribution in [1.29, 1.82) is 0 Å². The van der Waals surface area contributed by atoms with Gasteiger partial charge in [0.25, 0.3) is 0 Å². The fraction of sp³-hybridized carbons (Fsp3) is 0.194. The summed E-state index contributed by atoms with van der Waals surface area (Å²) in [6, 6.07) is 9.74. The molecule has 0 aliphatic carbocycles. The molecule has 13 heteroatoms. The van der Waals surface area contributed by atoms with Crippen molar-refractivity contribution >= 4 is 48.7 Å². The Hall–Kier alpha value is -4.94. The molecule has 0 aliphatic rings. The van der Waals surface area contributed by atoms with Crippen molar-refractivity contribution in [2.24, 2.45) is 0 Å². The van der Waals surface area contributed by atoms with Crippen LogP contribution in [-0.4, -0.2) is 76.5 Å². The summed E-state index contributed by atoms with van der Waals surface area (Å²) < 4.78 is 5.54. The van der Waals surface area contributed by atoms with Gasteiger partial charge in [0.1, 0.15) is 31.7 Å². The molecule has 1 amide bonds. The van der Waals surface area contributed by atoms with Gasteiger partial charge >= 0.3 is 0 Å². The Labute approximate surface area is 259 Å². The zero-order valence-electron chi connectivity index (χ0n) is 24.2. The summed E-state index contributed by atoms with van der Waals surface area (Å²) in [6.45, 7) is 3.15. The Balaban J connectivity index is 2.24. The molecule has 44 heavy (non-hydrogen) atoms. The minimum absolute atomic E-state index is 0.0771. The number of carbonyl (C=O) groups excluding carboxylic acids is 3. The number of Topliss-reactive ketones (excluding diaryl/α,β-unsaturated/α-hetero) is 1. The van der Waals surface area contributed by atoms with E-state index in [1.807, 2.05) is 6.92 Å². The number of likely N-dealkylation sites (N-methyl/N-ethyl adjacent to an activating group) is 1. The van der Waals surface area contributed by atoms with Crippen molar-refractivity contribution in [3.8, 4) is 23.0 Å². The van der Waals surface area contributed by atoms with Crippen LogP contribution < -0.4 is 5.32 Å². The molecule has 0 saturated carbocycles. The molecule has 0 saturated heterocycles. The molecular weight excluding hydrogens is 591 g/mol. The van der Waals surface area contributed by atoms with Crippen molar-refractivity contribution in [2.75, 3.05) is 19.5 Å². The third-order valence-corrected chi connectivity index (χ3v) is 6.95. The molecule has 0 aromatic heterocycles. The number of aldehydes is 1. The van der Waals surface area contributed by atoms with Crippen LogP contribution in [0, 0.1) is 6.92 Å². The highest BCUT2D eigenvalue weighted by Gasteiger charge is 2.45. The number of anilines is 1. The summed E-state index contributed by atoms with van der Waals surface area (Å²) in [5.41, 5.74) is -2.14. The standard InChI is InChI=1S/C31H30BClN2O9/c1-16-5-8-19(9-6-16)34-30(42)29(31(32,43)26-23(38)14-24(39)27(40)28(26)41)35(3)15-25(44-4)21(11-12-36)22-13-18(33)7-10-20(22)17(2)37/h5-15,29,38-41,43H,1-4H3,(H,34,42)/b21-11-,25-15+/t29-,31?/m0/s1. The second-order valence-electron chi connectivity index (χ2n) is 9.90. The summed E-state index contributed by atoms with van der Waals surface area (Å²) in [5.74, 6) is -5.53. The SMILES string of the molecule is [B]C(O)(c1c(O)cc(O)c(O)c1O)[C@H](C(=O)Nc1ccc(C)cc1)N(C)/C=C(OC)\C(=C/C=O)c1cc(Cl)ccc1C(C)=O. The fourth-order valence-electron chi connectivity index (χ4n) is 4.62. The number of benzene rings is 3. The number of allylic oxidation sites excluding steroid dienone is 2. The van der Waals surface area contributed by atoms with Gasteiger partial charge in [0.05, 0.1) is 18.2 Å². The summed E-state index contributed by atoms with van der Waals surface area (Å²) >= 11 is 6.19. The number of carbonyl (C=O) groups is 3. The maximum absolute atomic E-state index is 13.8. The molecule has 0 aliphatic heterocycles. The number of nitrogens with zero attached hydrogens (tertiary/aromatic N) is 1. The topological polar surface area (TPSA) is 177 Å². The molecule has 3 aromatic carbocycles. The number of aliphatic hydroxyl groups is 1. The van der Waals surface area contributed by atoms with E-state index in [2.05, 4.69) is 5.32 Å². The van der Waals surface area contributed by atoms with E-state index in [9.17, 15) is 39.9 Å². The van der Waals surface area contributed by atoms with Gasteiger partial charge in [-0.05, 0) is 55.8 Å². The van der Waals surface area contributed by atoms with E-state index < -0.39 is 46.0 Å². The normalized spacial score (nSPS) is 13.9. The molecule has 3 aromatic rings. The zero-order valence-corrected chi connectivity index (χ0v) is 25.0. The second kappa shape index (κ2) is 13.6. The van der Waals surface area contributed by atoms with E-state index >= 15 is 0 Å². The highest BCUT2D eigenvalue weighted by molar-refractivity contribution is 6.31. The van der Waals surface area contributed by atoms with Crippen LogP contribution in [0.2, 0.25) is 5.02 Å². The van der Waals surface area contributed by atoms with E-state index in [-0.39, 0.29) is 33.3 Å². The van der Waals surface area contributed by atoms with Gasteiger partial charge in [-0.1, -0.05) is 29.3 Å². The molecule has 2 atom stereocenters. The number of hydrogen-bond acceptors (Lipinski definition) is 10. The highest BCUT2D eigenvalue weighted by atomic mass is 35.5. The predicted octanol–water partition coefficient (Wildman–Crippen LogP) is 3.70. The number of phenolic OH excluding ortho intramolecular Hbond substituents is 4. The van der Waals surface area contributed by atoms with Crippen LogP contribution in [0.1, 0.15) is 34.0 Å². The van der Waals surface area contributed by atoms with Crippen LogP contribution in [0.5, 0.6) is 23.0 Å². The first kappa shape index (κ1) is 33.6. The highest BCUT2D eigenvalue weighted by Crippen LogP contribution is 2.48. The molecule has 0 heterocycles. The smallest absolute Gasteiger partial charge is 0.249 e. The lowest BCUT2D eigenvalue weighted by Crippen LogP contribution is -2.55. The van der Waals surface area contributed by atoms with Crippen molar-refractivity contribution in [3.05, 3.63) is 93.8 Å². The Morgan fingerprint density at radius 1 is 1.02 bits per heavy atom. The van der Waals surface area contributed by atoms with E-state index in [0.717, 1.165) is 16.5 Å². The summed E-state index contributed by atoms with van der Waals surface area (Å²) in [5, 5.41) is 55.6. The van der Waals surface area contributed by atoms with Crippen molar-refractivity contribution in [2.45, 2.75) is 25.4 Å². The zero-order chi connectivity index (χ0) is 32.9. The van der Waals surface area contributed by atoms with E-state index in [0.29, 0.717) is 18.0 Å². The van der Waals surface area contributed by atoms with Gasteiger partial charge < -0.3 is 40.5 Å². The third-order valence-electron chi connectivity index (χ3n) is 6.72. The minimum atomic E-state index is -2.96. The number of nitrogens with one attached hydrogen (secondary N) is 1. The Kier molecular flexibility index (Phi) is 10.4. The van der Waals surface area contributed by atoms with Crippen LogP contribution in [0.25, 0.3) is 5.57 Å². The Morgan fingerprint density at radius 2 is 1.66 bits per heavy atom. The maximum Gasteiger partial charge on any atom is 0.249 e. The van der Waals surface area contributed by atoms with Gasteiger partial charge in [-0.2, -0.15) is 0 Å². The summed E-state index contributed by atoms with van der Waals surface area (Å²) in [7, 11) is 8.82. The first-order valence-electron chi connectivity index (χ1n) is 12.9. The first-order valence-corrected chi connectivity index (χ1v) is 13.3. The van der Waals surface area contributed by atoms with E-state index in [1.165, 1.54) is 45.5 Å². The van der Waals surface area contributed by atoms with Crippen LogP contribution >= 0.6 is 11.6 Å². The number of ether oxygens (including phenoxy) is 1. The van der Waals surface area contributed by atoms with Gasteiger partial charge in [-0.3, -0.25) is 14.4 Å². The van der Waals surface area contributed by atoms with Gasteiger partial charge in [0, 0.05) is 41.2 Å². The number of aryl methyl sites for hydroxylation is 1. The summed E-state index contributed by atoms with van der Waals surface area (Å²) in [4.78, 5) is 38.9. The lowest BCUT2D eigenvalue weighted by Gasteiger charge is -2.39. The quantitative estimate of drug-likeness (QED) is 0.0271. The molecule has 1 unspecified atom stereocenters.